The highest BCUT2D eigenvalue weighted by Crippen LogP contribution is 2.33. The molecule has 0 bridgehead atoms. The number of hydrogen-bond donors (Lipinski definition) is 0. The van der Waals surface area contributed by atoms with Gasteiger partial charge in [0, 0.05) is 17.3 Å². The summed E-state index contributed by atoms with van der Waals surface area (Å²) in [4.78, 5) is 11.6. The highest BCUT2D eigenvalue weighted by atomic mass is 79.9. The summed E-state index contributed by atoms with van der Waals surface area (Å²) < 4.78 is 6.42. The molecule has 0 saturated heterocycles. The van der Waals surface area contributed by atoms with Crippen LogP contribution in [0.1, 0.15) is 29.3 Å². The average molecular weight is 255 g/mol. The summed E-state index contributed by atoms with van der Waals surface area (Å²) in [5, 5.41) is 0. The third kappa shape index (κ3) is 1.57. The fourth-order valence-electron chi connectivity index (χ4n) is 1.67. The number of Topliss-reactive ketones (excluding diaryl/α,β-unsaturated/α-hetero) is 1. The molecule has 1 aliphatic heterocycles. The maximum Gasteiger partial charge on any atom is 0.166 e. The van der Waals surface area contributed by atoms with Crippen molar-refractivity contribution in [1.82, 2.24) is 0 Å². The fraction of sp³-hybridized carbons (Fsp3) is 0.364. The van der Waals surface area contributed by atoms with E-state index in [0.717, 1.165) is 27.8 Å². The predicted octanol–water partition coefficient (Wildman–Crippen LogP) is 2.98. The zero-order valence-electron chi connectivity index (χ0n) is 7.97. The van der Waals surface area contributed by atoms with Crippen molar-refractivity contribution in [1.29, 1.82) is 0 Å². The first-order valence-corrected chi connectivity index (χ1v) is 5.50. The van der Waals surface area contributed by atoms with E-state index in [1.165, 1.54) is 0 Å². The first-order chi connectivity index (χ1) is 6.72. The van der Waals surface area contributed by atoms with E-state index in [0.29, 0.717) is 13.0 Å². The fourth-order valence-corrected chi connectivity index (χ4v) is 2.17. The van der Waals surface area contributed by atoms with Gasteiger partial charge in [-0.3, -0.25) is 4.79 Å². The zero-order chi connectivity index (χ0) is 10.1. The minimum Gasteiger partial charge on any atom is -0.492 e. The summed E-state index contributed by atoms with van der Waals surface area (Å²) >= 11 is 3.41. The molecule has 0 unspecified atom stereocenters. The molecule has 74 valence electrons. The van der Waals surface area contributed by atoms with Gasteiger partial charge in [-0.15, -0.1) is 0 Å². The van der Waals surface area contributed by atoms with E-state index < -0.39 is 0 Å². The Kier molecular flexibility index (Phi) is 2.59. The van der Waals surface area contributed by atoms with E-state index in [1.54, 1.807) is 0 Å². The van der Waals surface area contributed by atoms with E-state index in [9.17, 15) is 4.79 Å². The minimum atomic E-state index is 0.143. The van der Waals surface area contributed by atoms with E-state index in [1.807, 2.05) is 19.1 Å². The average Bonchev–Trinajstić information content (AvgIpc) is 2.62. The van der Waals surface area contributed by atoms with Gasteiger partial charge in [-0.1, -0.05) is 22.9 Å². The van der Waals surface area contributed by atoms with Crippen molar-refractivity contribution in [2.24, 2.45) is 0 Å². The zero-order valence-corrected chi connectivity index (χ0v) is 9.56. The van der Waals surface area contributed by atoms with Crippen LogP contribution in [0.25, 0.3) is 0 Å². The molecule has 0 amide bonds. The van der Waals surface area contributed by atoms with E-state index in [4.69, 9.17) is 4.74 Å². The Morgan fingerprint density at radius 2 is 2.36 bits per heavy atom. The molecule has 2 rings (SSSR count). The maximum atomic E-state index is 11.6. The van der Waals surface area contributed by atoms with Gasteiger partial charge in [0.1, 0.15) is 5.75 Å². The van der Waals surface area contributed by atoms with E-state index >= 15 is 0 Å². The second-order valence-electron chi connectivity index (χ2n) is 3.32. The molecule has 14 heavy (non-hydrogen) atoms. The molecule has 0 atom stereocenters. The molecule has 0 saturated carbocycles. The molecule has 0 fully saturated rings. The van der Waals surface area contributed by atoms with Crippen molar-refractivity contribution < 1.29 is 9.53 Å². The molecule has 0 aromatic heterocycles. The van der Waals surface area contributed by atoms with E-state index in [2.05, 4.69) is 15.9 Å². The first kappa shape index (κ1) is 9.71. The third-order valence-corrected chi connectivity index (χ3v) is 2.83. The first-order valence-electron chi connectivity index (χ1n) is 4.70. The lowest BCUT2D eigenvalue weighted by molar-refractivity contribution is 0.0985. The Balaban J connectivity index is 2.54. The smallest absolute Gasteiger partial charge is 0.166 e. The summed E-state index contributed by atoms with van der Waals surface area (Å²) in [6.07, 6.45) is 1.42. The molecular weight excluding hydrogens is 244 g/mol. The number of hydrogen-bond acceptors (Lipinski definition) is 2. The van der Waals surface area contributed by atoms with Crippen molar-refractivity contribution in [3.8, 4) is 5.75 Å². The minimum absolute atomic E-state index is 0.143. The number of carbonyl (C=O) groups is 1. The summed E-state index contributed by atoms with van der Waals surface area (Å²) in [5.41, 5.74) is 1.85. The van der Waals surface area contributed by atoms with Crippen LogP contribution in [0, 0.1) is 0 Å². The Hall–Kier alpha value is -0.830. The van der Waals surface area contributed by atoms with Gasteiger partial charge in [0.25, 0.3) is 0 Å². The molecule has 3 heteroatoms. The van der Waals surface area contributed by atoms with Gasteiger partial charge in [0.2, 0.25) is 0 Å². The number of ketones is 1. The van der Waals surface area contributed by atoms with Gasteiger partial charge < -0.3 is 4.74 Å². The molecule has 0 aliphatic carbocycles. The van der Waals surface area contributed by atoms with Crippen LogP contribution in [0.15, 0.2) is 16.6 Å². The van der Waals surface area contributed by atoms with Crippen LogP contribution < -0.4 is 4.74 Å². The van der Waals surface area contributed by atoms with Gasteiger partial charge in [-0.2, -0.15) is 0 Å². The Labute approximate surface area is 91.4 Å². The molecule has 0 radical (unpaired) electrons. The number of rotatable bonds is 2. The van der Waals surface area contributed by atoms with Crippen LogP contribution >= 0.6 is 15.9 Å². The Morgan fingerprint density at radius 3 is 3.07 bits per heavy atom. The maximum absolute atomic E-state index is 11.6. The molecular formula is C11H11BrO2. The summed E-state index contributed by atoms with van der Waals surface area (Å²) in [7, 11) is 0. The van der Waals surface area contributed by atoms with Gasteiger partial charge in [-0.05, 0) is 17.7 Å². The second-order valence-corrected chi connectivity index (χ2v) is 4.23. The number of ether oxygens (including phenoxy) is 1. The lowest BCUT2D eigenvalue weighted by Crippen LogP contribution is -2.00. The van der Waals surface area contributed by atoms with Crippen molar-refractivity contribution in [2.45, 2.75) is 19.8 Å². The second kappa shape index (κ2) is 3.73. The normalized spacial score (nSPS) is 13.6. The van der Waals surface area contributed by atoms with Crippen LogP contribution in [0.3, 0.4) is 0 Å². The number of carbonyl (C=O) groups excluding carboxylic acids is 1. The molecule has 1 aliphatic rings. The van der Waals surface area contributed by atoms with Crippen molar-refractivity contribution in [3.63, 3.8) is 0 Å². The van der Waals surface area contributed by atoms with Gasteiger partial charge >= 0.3 is 0 Å². The molecule has 1 aromatic rings. The van der Waals surface area contributed by atoms with Crippen LogP contribution in [0.2, 0.25) is 0 Å². The topological polar surface area (TPSA) is 26.3 Å². The summed E-state index contributed by atoms with van der Waals surface area (Å²) in [6, 6.07) is 3.87. The third-order valence-electron chi connectivity index (χ3n) is 2.37. The SMILES string of the molecule is CCC(=O)c1cc(Br)cc2c1OCC2. The standard InChI is InChI=1S/C11H11BrO2/c1-2-10(13)9-6-8(12)5-7-3-4-14-11(7)9/h5-6H,2-4H2,1H3. The van der Waals surface area contributed by atoms with Crippen molar-refractivity contribution in [2.75, 3.05) is 6.61 Å². The molecule has 1 aromatic carbocycles. The lowest BCUT2D eigenvalue weighted by atomic mass is 10.0. The number of benzene rings is 1. The van der Waals surface area contributed by atoms with Crippen molar-refractivity contribution >= 4 is 21.7 Å². The van der Waals surface area contributed by atoms with Gasteiger partial charge in [0.05, 0.1) is 12.2 Å². The highest BCUT2D eigenvalue weighted by molar-refractivity contribution is 9.10. The summed E-state index contributed by atoms with van der Waals surface area (Å²) in [6.45, 7) is 2.56. The van der Waals surface area contributed by atoms with E-state index in [-0.39, 0.29) is 5.78 Å². The number of fused-ring (bicyclic) bond motifs is 1. The Bertz CT molecular complexity index is 385. The highest BCUT2D eigenvalue weighted by Gasteiger charge is 2.20. The van der Waals surface area contributed by atoms with Crippen LogP contribution in [-0.4, -0.2) is 12.4 Å². The largest absolute Gasteiger partial charge is 0.492 e. The Morgan fingerprint density at radius 1 is 1.57 bits per heavy atom. The van der Waals surface area contributed by atoms with Crippen LogP contribution in [0.5, 0.6) is 5.75 Å². The monoisotopic (exact) mass is 254 g/mol. The number of halogens is 1. The van der Waals surface area contributed by atoms with Crippen molar-refractivity contribution in [3.05, 3.63) is 27.7 Å². The predicted molar refractivity (Wildman–Crippen MR) is 58.0 cm³/mol. The lowest BCUT2D eigenvalue weighted by Gasteiger charge is -2.06. The quantitative estimate of drug-likeness (QED) is 0.759. The van der Waals surface area contributed by atoms with Gasteiger partial charge in [-0.25, -0.2) is 0 Å². The molecule has 2 nitrogen and oxygen atoms in total. The molecule has 0 N–H and O–H groups in total. The summed E-state index contributed by atoms with van der Waals surface area (Å²) in [5.74, 6) is 0.935. The van der Waals surface area contributed by atoms with Gasteiger partial charge in [0.15, 0.2) is 5.78 Å². The van der Waals surface area contributed by atoms with Crippen LogP contribution in [0.4, 0.5) is 0 Å². The van der Waals surface area contributed by atoms with Crippen LogP contribution in [-0.2, 0) is 6.42 Å². The molecule has 1 heterocycles. The molecule has 0 spiro atoms.